The van der Waals surface area contributed by atoms with Crippen LogP contribution in [0.25, 0.3) is 0 Å². The summed E-state index contributed by atoms with van der Waals surface area (Å²) in [5, 5.41) is 2.93. The standard InChI is InChI=1S/C25H34N2O2/c1-6-21-11-13-22(14-12-21)15-16-24(28)27(20(5)25(29)26-18(2)3)17-23-9-7-19(4)8-10-23/h7-14,18,20H,6,15-17H2,1-5H3,(H,26,29). The maximum Gasteiger partial charge on any atom is 0.242 e. The van der Waals surface area contributed by atoms with Gasteiger partial charge in [0.05, 0.1) is 0 Å². The van der Waals surface area contributed by atoms with Gasteiger partial charge in [-0.25, -0.2) is 0 Å². The van der Waals surface area contributed by atoms with Crippen molar-refractivity contribution in [1.82, 2.24) is 10.2 Å². The monoisotopic (exact) mass is 394 g/mol. The van der Waals surface area contributed by atoms with Crippen LogP contribution in [0, 0.1) is 6.92 Å². The molecule has 29 heavy (non-hydrogen) atoms. The van der Waals surface area contributed by atoms with Gasteiger partial charge in [-0.05, 0) is 57.2 Å². The van der Waals surface area contributed by atoms with Gasteiger partial charge in [-0.3, -0.25) is 9.59 Å². The molecule has 1 N–H and O–H groups in total. The third-order valence-electron chi connectivity index (χ3n) is 5.13. The molecule has 0 aromatic heterocycles. The Hall–Kier alpha value is -2.62. The lowest BCUT2D eigenvalue weighted by atomic mass is 10.0. The van der Waals surface area contributed by atoms with Gasteiger partial charge in [0, 0.05) is 19.0 Å². The molecule has 0 fully saturated rings. The average Bonchev–Trinajstić information content (AvgIpc) is 2.71. The van der Waals surface area contributed by atoms with Gasteiger partial charge in [-0.1, -0.05) is 61.0 Å². The van der Waals surface area contributed by atoms with E-state index in [4.69, 9.17) is 0 Å². The number of carbonyl (C=O) groups is 2. The summed E-state index contributed by atoms with van der Waals surface area (Å²) in [4.78, 5) is 27.4. The Balaban J connectivity index is 2.11. The summed E-state index contributed by atoms with van der Waals surface area (Å²) in [6.45, 7) is 10.3. The van der Waals surface area contributed by atoms with E-state index in [1.165, 1.54) is 11.1 Å². The maximum atomic E-state index is 13.1. The Morgan fingerprint density at radius 2 is 1.45 bits per heavy atom. The highest BCUT2D eigenvalue weighted by Crippen LogP contribution is 2.14. The van der Waals surface area contributed by atoms with Gasteiger partial charge < -0.3 is 10.2 Å². The van der Waals surface area contributed by atoms with E-state index in [2.05, 4.69) is 36.5 Å². The zero-order chi connectivity index (χ0) is 21.4. The molecule has 2 aromatic carbocycles. The molecular weight excluding hydrogens is 360 g/mol. The molecule has 4 nitrogen and oxygen atoms in total. The third-order valence-corrected chi connectivity index (χ3v) is 5.13. The molecule has 156 valence electrons. The number of nitrogens with zero attached hydrogens (tertiary/aromatic N) is 1. The molecule has 0 aliphatic heterocycles. The third kappa shape index (κ3) is 7.04. The van der Waals surface area contributed by atoms with Crippen LogP contribution in [0.15, 0.2) is 48.5 Å². The lowest BCUT2D eigenvalue weighted by Gasteiger charge is -2.29. The van der Waals surface area contributed by atoms with Crippen molar-refractivity contribution in [3.63, 3.8) is 0 Å². The number of benzene rings is 2. The zero-order valence-corrected chi connectivity index (χ0v) is 18.4. The van der Waals surface area contributed by atoms with Gasteiger partial charge >= 0.3 is 0 Å². The van der Waals surface area contributed by atoms with Crippen molar-refractivity contribution in [3.8, 4) is 0 Å². The second-order valence-electron chi connectivity index (χ2n) is 8.02. The summed E-state index contributed by atoms with van der Waals surface area (Å²) >= 11 is 0. The summed E-state index contributed by atoms with van der Waals surface area (Å²) < 4.78 is 0. The number of nitrogens with one attached hydrogen (secondary N) is 1. The molecule has 2 amide bonds. The van der Waals surface area contributed by atoms with Crippen molar-refractivity contribution in [1.29, 1.82) is 0 Å². The molecule has 0 saturated heterocycles. The molecule has 0 heterocycles. The average molecular weight is 395 g/mol. The molecule has 4 heteroatoms. The predicted molar refractivity (Wildman–Crippen MR) is 119 cm³/mol. The quantitative estimate of drug-likeness (QED) is 0.684. The summed E-state index contributed by atoms with van der Waals surface area (Å²) in [6, 6.07) is 16.0. The van der Waals surface area contributed by atoms with E-state index in [0.29, 0.717) is 19.4 Å². The summed E-state index contributed by atoms with van der Waals surface area (Å²) in [7, 11) is 0. The van der Waals surface area contributed by atoms with Crippen LogP contribution in [0.4, 0.5) is 0 Å². The van der Waals surface area contributed by atoms with Crippen LogP contribution in [0.3, 0.4) is 0 Å². The maximum absolute atomic E-state index is 13.1. The van der Waals surface area contributed by atoms with Gasteiger partial charge in [0.1, 0.15) is 6.04 Å². The smallest absolute Gasteiger partial charge is 0.242 e. The molecule has 0 radical (unpaired) electrons. The number of rotatable bonds is 9. The fraction of sp³-hybridized carbons (Fsp3) is 0.440. The first-order chi connectivity index (χ1) is 13.8. The molecule has 0 spiro atoms. The Labute approximate surface area is 175 Å². The van der Waals surface area contributed by atoms with Crippen molar-refractivity contribution in [3.05, 3.63) is 70.8 Å². The van der Waals surface area contributed by atoms with E-state index >= 15 is 0 Å². The SMILES string of the molecule is CCc1ccc(CCC(=O)N(Cc2ccc(C)cc2)C(C)C(=O)NC(C)C)cc1. The number of aryl methyl sites for hydroxylation is 3. The topological polar surface area (TPSA) is 49.4 Å². The Bertz CT molecular complexity index is 795. The highest BCUT2D eigenvalue weighted by Gasteiger charge is 2.26. The normalized spacial score (nSPS) is 11.9. The number of amides is 2. The van der Waals surface area contributed by atoms with Crippen LogP contribution < -0.4 is 5.32 Å². The van der Waals surface area contributed by atoms with Gasteiger partial charge in [0.2, 0.25) is 11.8 Å². The van der Waals surface area contributed by atoms with Crippen molar-refractivity contribution < 1.29 is 9.59 Å². The fourth-order valence-electron chi connectivity index (χ4n) is 3.21. The molecular formula is C25H34N2O2. The zero-order valence-electron chi connectivity index (χ0n) is 18.4. The predicted octanol–water partition coefficient (Wildman–Crippen LogP) is 4.43. The molecule has 1 unspecified atom stereocenters. The minimum atomic E-state index is -0.520. The molecule has 1 atom stereocenters. The first-order valence-electron chi connectivity index (χ1n) is 10.5. The van der Waals surface area contributed by atoms with Crippen LogP contribution >= 0.6 is 0 Å². The number of hydrogen-bond acceptors (Lipinski definition) is 2. The highest BCUT2D eigenvalue weighted by molar-refractivity contribution is 5.87. The second kappa shape index (κ2) is 10.8. The second-order valence-corrected chi connectivity index (χ2v) is 8.02. The van der Waals surface area contributed by atoms with Crippen molar-refractivity contribution >= 4 is 11.8 Å². The lowest BCUT2D eigenvalue weighted by molar-refractivity contribution is -0.140. The Morgan fingerprint density at radius 3 is 2.00 bits per heavy atom. The summed E-state index contributed by atoms with van der Waals surface area (Å²) in [6.07, 6.45) is 2.06. The van der Waals surface area contributed by atoms with E-state index in [1.807, 2.05) is 45.0 Å². The first kappa shape index (κ1) is 22.7. The largest absolute Gasteiger partial charge is 0.352 e. The molecule has 2 aromatic rings. The summed E-state index contributed by atoms with van der Waals surface area (Å²) in [5.74, 6) is -0.121. The van der Waals surface area contributed by atoms with Crippen LogP contribution in [-0.4, -0.2) is 28.8 Å². The van der Waals surface area contributed by atoms with E-state index in [9.17, 15) is 9.59 Å². The van der Waals surface area contributed by atoms with Gasteiger partial charge in [-0.2, -0.15) is 0 Å². The summed E-state index contributed by atoms with van der Waals surface area (Å²) in [5.41, 5.74) is 4.64. The van der Waals surface area contributed by atoms with E-state index in [0.717, 1.165) is 17.5 Å². The van der Waals surface area contributed by atoms with Crippen LogP contribution in [-0.2, 0) is 29.0 Å². The minimum absolute atomic E-state index is 0.00320. The minimum Gasteiger partial charge on any atom is -0.352 e. The Morgan fingerprint density at radius 1 is 0.897 bits per heavy atom. The van der Waals surface area contributed by atoms with E-state index in [-0.39, 0.29) is 17.9 Å². The van der Waals surface area contributed by atoms with E-state index < -0.39 is 6.04 Å². The fourth-order valence-corrected chi connectivity index (χ4v) is 3.21. The van der Waals surface area contributed by atoms with Crippen molar-refractivity contribution in [2.45, 2.75) is 72.5 Å². The van der Waals surface area contributed by atoms with Crippen LogP contribution in [0.1, 0.15) is 56.4 Å². The van der Waals surface area contributed by atoms with Gasteiger partial charge in [0.15, 0.2) is 0 Å². The molecule has 0 bridgehead atoms. The first-order valence-corrected chi connectivity index (χ1v) is 10.5. The molecule has 0 aliphatic carbocycles. The van der Waals surface area contributed by atoms with Gasteiger partial charge in [0.25, 0.3) is 0 Å². The van der Waals surface area contributed by atoms with Gasteiger partial charge in [-0.15, -0.1) is 0 Å². The Kier molecular flexibility index (Phi) is 8.44. The molecule has 2 rings (SSSR count). The molecule has 0 aliphatic rings. The number of hydrogen-bond donors (Lipinski definition) is 1. The number of carbonyl (C=O) groups excluding carboxylic acids is 2. The van der Waals surface area contributed by atoms with Crippen LogP contribution in [0.5, 0.6) is 0 Å². The van der Waals surface area contributed by atoms with Crippen LogP contribution in [0.2, 0.25) is 0 Å². The lowest BCUT2D eigenvalue weighted by Crippen LogP contribution is -2.49. The molecule has 0 saturated carbocycles. The van der Waals surface area contributed by atoms with E-state index in [1.54, 1.807) is 11.8 Å². The van der Waals surface area contributed by atoms with Crippen molar-refractivity contribution in [2.75, 3.05) is 0 Å². The highest BCUT2D eigenvalue weighted by atomic mass is 16.2. The van der Waals surface area contributed by atoms with Crippen molar-refractivity contribution in [2.24, 2.45) is 0 Å².